The fourth-order valence-electron chi connectivity index (χ4n) is 1.97. The van der Waals surface area contributed by atoms with Crippen molar-refractivity contribution in [1.29, 1.82) is 0 Å². The first-order valence-corrected chi connectivity index (χ1v) is 7.29. The smallest absolute Gasteiger partial charge is 0.161 e. The normalized spacial score (nSPS) is 10.9. The minimum absolute atomic E-state index is 0.211. The Morgan fingerprint density at radius 1 is 1.26 bits per heavy atom. The number of hydrogen-bond donors (Lipinski definition) is 2. The number of aromatic hydroxyl groups is 1. The van der Waals surface area contributed by atoms with Crippen molar-refractivity contribution in [3.8, 4) is 11.5 Å². The summed E-state index contributed by atoms with van der Waals surface area (Å²) in [6.07, 6.45) is 3.80. The number of phenols is 1. The average molecular weight is 265 g/mol. The second kappa shape index (κ2) is 8.81. The molecule has 108 valence electrons. The number of phenolic OH excluding ortho intramolecular Hbond substituents is 1. The lowest BCUT2D eigenvalue weighted by Gasteiger charge is -2.09. The fraction of sp³-hybridized carbons (Fsp3) is 0.625. The molecule has 0 unspecified atom stereocenters. The molecule has 0 fully saturated rings. The highest BCUT2D eigenvalue weighted by molar-refractivity contribution is 5.41. The average Bonchev–Trinajstić information content (AvgIpc) is 2.37. The molecule has 3 nitrogen and oxygen atoms in total. The summed E-state index contributed by atoms with van der Waals surface area (Å²) in [5.41, 5.74) is 1.14. The third-order valence-electron chi connectivity index (χ3n) is 3.04. The van der Waals surface area contributed by atoms with Gasteiger partial charge in [0.05, 0.1) is 6.61 Å². The van der Waals surface area contributed by atoms with E-state index < -0.39 is 0 Å². The molecule has 0 radical (unpaired) electrons. The molecule has 0 atom stereocenters. The minimum Gasteiger partial charge on any atom is -0.504 e. The molecule has 0 aliphatic carbocycles. The Hall–Kier alpha value is -1.22. The number of hydrogen-bond acceptors (Lipinski definition) is 3. The van der Waals surface area contributed by atoms with Gasteiger partial charge in [0.2, 0.25) is 0 Å². The van der Waals surface area contributed by atoms with Gasteiger partial charge in [0.15, 0.2) is 11.5 Å². The van der Waals surface area contributed by atoms with Crippen molar-refractivity contribution in [2.75, 3.05) is 13.2 Å². The van der Waals surface area contributed by atoms with Gasteiger partial charge in [-0.05, 0) is 43.5 Å². The molecule has 0 aliphatic heterocycles. The van der Waals surface area contributed by atoms with Crippen LogP contribution >= 0.6 is 0 Å². The molecule has 0 bridgehead atoms. The molecule has 0 spiro atoms. The molecule has 1 aromatic rings. The van der Waals surface area contributed by atoms with Crippen LogP contribution in [0.15, 0.2) is 18.2 Å². The van der Waals surface area contributed by atoms with Gasteiger partial charge in [-0.1, -0.05) is 32.8 Å². The van der Waals surface area contributed by atoms with Crippen LogP contribution in [0.1, 0.15) is 45.6 Å². The molecular formula is C16H27NO2. The van der Waals surface area contributed by atoms with E-state index in [0.717, 1.165) is 24.6 Å². The fourth-order valence-corrected chi connectivity index (χ4v) is 1.97. The molecule has 0 heterocycles. The molecule has 2 N–H and O–H groups in total. The zero-order valence-corrected chi connectivity index (χ0v) is 12.4. The van der Waals surface area contributed by atoms with Crippen LogP contribution in [0, 0.1) is 5.92 Å². The van der Waals surface area contributed by atoms with Gasteiger partial charge in [0.25, 0.3) is 0 Å². The number of unbranched alkanes of at least 4 members (excludes halogenated alkanes) is 1. The van der Waals surface area contributed by atoms with Crippen molar-refractivity contribution < 1.29 is 9.84 Å². The molecule has 0 aliphatic rings. The Morgan fingerprint density at radius 2 is 2.05 bits per heavy atom. The van der Waals surface area contributed by atoms with Crippen molar-refractivity contribution in [3.63, 3.8) is 0 Å². The predicted octanol–water partition coefficient (Wildman–Crippen LogP) is 3.71. The Bertz CT molecular complexity index is 364. The summed E-state index contributed by atoms with van der Waals surface area (Å²) in [5, 5.41) is 13.0. The molecule has 1 rings (SSSR count). The van der Waals surface area contributed by atoms with E-state index >= 15 is 0 Å². The number of rotatable bonds is 9. The quantitative estimate of drug-likeness (QED) is 0.669. The Morgan fingerprint density at radius 3 is 2.74 bits per heavy atom. The van der Waals surface area contributed by atoms with Crippen LogP contribution in [0.5, 0.6) is 11.5 Å². The summed E-state index contributed by atoms with van der Waals surface area (Å²) in [7, 11) is 0. The molecule has 0 saturated heterocycles. The maximum absolute atomic E-state index is 9.61. The van der Waals surface area contributed by atoms with Gasteiger partial charge in [-0.25, -0.2) is 0 Å². The molecule has 0 amide bonds. The summed E-state index contributed by atoms with van der Waals surface area (Å²) in [4.78, 5) is 0. The van der Waals surface area contributed by atoms with Gasteiger partial charge < -0.3 is 15.2 Å². The summed E-state index contributed by atoms with van der Waals surface area (Å²) in [5.74, 6) is 1.58. The van der Waals surface area contributed by atoms with E-state index in [9.17, 15) is 5.11 Å². The standard InChI is InChI=1S/C16H27NO2/c1-4-19-16-11-14(8-9-15(16)18)12-17-10-6-5-7-13(2)3/h8-9,11,13,17-18H,4-7,10,12H2,1-3H3. The molecule has 0 aromatic heterocycles. The zero-order valence-electron chi connectivity index (χ0n) is 12.4. The highest BCUT2D eigenvalue weighted by atomic mass is 16.5. The Balaban J connectivity index is 2.27. The predicted molar refractivity (Wildman–Crippen MR) is 79.7 cm³/mol. The van der Waals surface area contributed by atoms with Crippen molar-refractivity contribution in [1.82, 2.24) is 5.32 Å². The van der Waals surface area contributed by atoms with Crippen molar-refractivity contribution in [3.05, 3.63) is 23.8 Å². The summed E-state index contributed by atoms with van der Waals surface area (Å²) in [6, 6.07) is 5.53. The second-order valence-electron chi connectivity index (χ2n) is 5.30. The van der Waals surface area contributed by atoms with E-state index in [1.807, 2.05) is 19.1 Å². The van der Waals surface area contributed by atoms with E-state index in [-0.39, 0.29) is 5.75 Å². The SMILES string of the molecule is CCOc1cc(CNCCCCC(C)C)ccc1O. The van der Waals surface area contributed by atoms with Crippen LogP contribution in [0.4, 0.5) is 0 Å². The maximum atomic E-state index is 9.61. The van der Waals surface area contributed by atoms with Crippen LogP contribution in [-0.2, 0) is 6.54 Å². The van der Waals surface area contributed by atoms with Crippen molar-refractivity contribution in [2.45, 2.75) is 46.6 Å². The van der Waals surface area contributed by atoms with E-state index in [1.54, 1.807) is 6.07 Å². The lowest BCUT2D eigenvalue weighted by atomic mass is 10.1. The van der Waals surface area contributed by atoms with E-state index in [2.05, 4.69) is 19.2 Å². The Kier molecular flexibility index (Phi) is 7.34. The second-order valence-corrected chi connectivity index (χ2v) is 5.30. The van der Waals surface area contributed by atoms with Crippen LogP contribution in [0.25, 0.3) is 0 Å². The summed E-state index contributed by atoms with van der Waals surface area (Å²) >= 11 is 0. The lowest BCUT2D eigenvalue weighted by molar-refractivity contribution is 0.317. The highest BCUT2D eigenvalue weighted by Crippen LogP contribution is 2.26. The maximum Gasteiger partial charge on any atom is 0.161 e. The first-order chi connectivity index (χ1) is 9.13. The Labute approximate surface area is 117 Å². The topological polar surface area (TPSA) is 41.5 Å². The molecule has 3 heteroatoms. The molecule has 19 heavy (non-hydrogen) atoms. The molecule has 0 saturated carbocycles. The first-order valence-electron chi connectivity index (χ1n) is 7.29. The molecule has 1 aromatic carbocycles. The summed E-state index contributed by atoms with van der Waals surface area (Å²) < 4.78 is 5.37. The van der Waals surface area contributed by atoms with Crippen LogP contribution in [-0.4, -0.2) is 18.3 Å². The third-order valence-corrected chi connectivity index (χ3v) is 3.04. The van der Waals surface area contributed by atoms with Crippen molar-refractivity contribution >= 4 is 0 Å². The summed E-state index contributed by atoms with van der Waals surface area (Å²) in [6.45, 7) is 8.87. The van der Waals surface area contributed by atoms with E-state index in [4.69, 9.17) is 4.74 Å². The van der Waals surface area contributed by atoms with Gasteiger partial charge >= 0.3 is 0 Å². The van der Waals surface area contributed by atoms with Crippen LogP contribution < -0.4 is 10.1 Å². The highest BCUT2D eigenvalue weighted by Gasteiger charge is 2.03. The zero-order chi connectivity index (χ0) is 14.1. The van der Waals surface area contributed by atoms with Crippen LogP contribution in [0.3, 0.4) is 0 Å². The number of nitrogens with one attached hydrogen (secondary N) is 1. The first kappa shape index (κ1) is 15.8. The van der Waals surface area contributed by atoms with Gasteiger partial charge in [0.1, 0.15) is 0 Å². The van der Waals surface area contributed by atoms with Crippen molar-refractivity contribution in [2.24, 2.45) is 5.92 Å². The van der Waals surface area contributed by atoms with Gasteiger partial charge in [0, 0.05) is 6.54 Å². The van der Waals surface area contributed by atoms with E-state index in [0.29, 0.717) is 12.4 Å². The largest absolute Gasteiger partial charge is 0.504 e. The number of ether oxygens (including phenoxy) is 1. The van der Waals surface area contributed by atoms with Gasteiger partial charge in [-0.2, -0.15) is 0 Å². The lowest BCUT2D eigenvalue weighted by Crippen LogP contribution is -2.14. The van der Waals surface area contributed by atoms with E-state index in [1.165, 1.54) is 19.3 Å². The van der Waals surface area contributed by atoms with Crippen LogP contribution in [0.2, 0.25) is 0 Å². The monoisotopic (exact) mass is 265 g/mol. The van der Waals surface area contributed by atoms with Gasteiger partial charge in [-0.15, -0.1) is 0 Å². The third kappa shape index (κ3) is 6.48. The van der Waals surface area contributed by atoms with Gasteiger partial charge in [-0.3, -0.25) is 0 Å². The number of benzene rings is 1. The minimum atomic E-state index is 0.211. The molecular weight excluding hydrogens is 238 g/mol.